The van der Waals surface area contributed by atoms with Gasteiger partial charge in [-0.15, -0.1) is 0 Å². The second kappa shape index (κ2) is 10.4. The van der Waals surface area contributed by atoms with Crippen molar-refractivity contribution in [1.29, 1.82) is 0 Å². The molecule has 0 unspecified atom stereocenters. The van der Waals surface area contributed by atoms with Crippen LogP contribution < -0.4 is 11.5 Å². The molecule has 190 valence electrons. The van der Waals surface area contributed by atoms with Crippen molar-refractivity contribution < 1.29 is 8.78 Å². The highest BCUT2D eigenvalue weighted by atomic mass is 19.1. The van der Waals surface area contributed by atoms with Crippen LogP contribution >= 0.6 is 0 Å². The maximum absolute atomic E-state index is 15.4. The zero-order valence-electron chi connectivity index (χ0n) is 21.3. The fourth-order valence-corrected chi connectivity index (χ4v) is 5.69. The van der Waals surface area contributed by atoms with Gasteiger partial charge < -0.3 is 11.5 Å². The molecule has 0 saturated heterocycles. The van der Waals surface area contributed by atoms with Gasteiger partial charge >= 0.3 is 0 Å². The summed E-state index contributed by atoms with van der Waals surface area (Å²) >= 11 is 0. The molecular weight excluding hydrogens is 462 g/mol. The Kier molecular flexibility index (Phi) is 7.01. The van der Waals surface area contributed by atoms with Gasteiger partial charge in [-0.05, 0) is 101 Å². The van der Waals surface area contributed by atoms with Gasteiger partial charge in [-0.1, -0.05) is 55.5 Å². The van der Waals surface area contributed by atoms with Crippen molar-refractivity contribution in [3.05, 3.63) is 130 Å². The van der Waals surface area contributed by atoms with E-state index < -0.39 is 5.41 Å². The highest BCUT2D eigenvalue weighted by Gasteiger charge is 2.38. The van der Waals surface area contributed by atoms with Gasteiger partial charge in [0.15, 0.2) is 0 Å². The zero-order chi connectivity index (χ0) is 26.0. The molecule has 5 rings (SSSR count). The molecular formula is C33H34F2N2. The number of hydrogen-bond acceptors (Lipinski definition) is 2. The molecule has 4 aromatic rings. The van der Waals surface area contributed by atoms with Gasteiger partial charge in [0.2, 0.25) is 0 Å². The monoisotopic (exact) mass is 496 g/mol. The first kappa shape index (κ1) is 25.0. The van der Waals surface area contributed by atoms with E-state index in [0.29, 0.717) is 41.3 Å². The van der Waals surface area contributed by atoms with Crippen LogP contribution in [0.4, 0.5) is 20.2 Å². The summed E-state index contributed by atoms with van der Waals surface area (Å²) in [6.45, 7) is 2.26. The van der Waals surface area contributed by atoms with E-state index in [1.54, 1.807) is 12.1 Å². The van der Waals surface area contributed by atoms with Crippen molar-refractivity contribution >= 4 is 11.4 Å². The van der Waals surface area contributed by atoms with E-state index in [0.717, 1.165) is 47.9 Å². The summed E-state index contributed by atoms with van der Waals surface area (Å²) in [4.78, 5) is 0. The maximum atomic E-state index is 15.4. The summed E-state index contributed by atoms with van der Waals surface area (Å²) in [5, 5.41) is 0. The zero-order valence-corrected chi connectivity index (χ0v) is 21.3. The van der Waals surface area contributed by atoms with Gasteiger partial charge in [0.25, 0.3) is 0 Å². The largest absolute Gasteiger partial charge is 0.399 e. The van der Waals surface area contributed by atoms with Gasteiger partial charge in [0, 0.05) is 29.6 Å². The van der Waals surface area contributed by atoms with Crippen molar-refractivity contribution in [3.8, 4) is 0 Å². The third-order valence-electron chi connectivity index (χ3n) is 8.09. The number of nitrogens with two attached hydrogens (primary N) is 2. The lowest BCUT2D eigenvalue weighted by Gasteiger charge is -2.41. The van der Waals surface area contributed by atoms with Crippen molar-refractivity contribution in [3.63, 3.8) is 0 Å². The van der Waals surface area contributed by atoms with Crippen LogP contribution in [-0.4, -0.2) is 0 Å². The summed E-state index contributed by atoms with van der Waals surface area (Å²) in [5.41, 5.74) is 17.8. The van der Waals surface area contributed by atoms with Crippen molar-refractivity contribution in [2.24, 2.45) is 5.92 Å². The molecule has 0 bridgehead atoms. The van der Waals surface area contributed by atoms with Gasteiger partial charge in [0.05, 0.1) is 0 Å². The van der Waals surface area contributed by atoms with Gasteiger partial charge in [-0.25, -0.2) is 8.78 Å². The number of nitrogen functional groups attached to an aromatic ring is 2. The molecule has 4 N–H and O–H groups in total. The van der Waals surface area contributed by atoms with E-state index in [9.17, 15) is 0 Å². The van der Waals surface area contributed by atoms with Gasteiger partial charge in [0.1, 0.15) is 11.6 Å². The molecule has 0 amide bonds. The molecule has 1 saturated carbocycles. The molecule has 0 atom stereocenters. The first-order chi connectivity index (χ1) is 17.8. The summed E-state index contributed by atoms with van der Waals surface area (Å²) in [7, 11) is 0. The Labute approximate surface area is 218 Å². The third-order valence-corrected chi connectivity index (χ3v) is 8.09. The van der Waals surface area contributed by atoms with Gasteiger partial charge in [-0.3, -0.25) is 0 Å². The Morgan fingerprint density at radius 3 is 1.43 bits per heavy atom. The second-order valence-corrected chi connectivity index (χ2v) is 10.7. The van der Waals surface area contributed by atoms with E-state index in [4.69, 9.17) is 11.5 Å². The minimum atomic E-state index is -0.395. The molecule has 1 aliphatic rings. The number of benzene rings is 4. The first-order valence-electron chi connectivity index (χ1n) is 13.1. The Morgan fingerprint density at radius 2 is 1.05 bits per heavy atom. The van der Waals surface area contributed by atoms with E-state index in [1.807, 2.05) is 72.8 Å². The van der Waals surface area contributed by atoms with Crippen LogP contribution in [0.15, 0.2) is 84.9 Å². The number of anilines is 2. The van der Waals surface area contributed by atoms with Crippen LogP contribution in [0.5, 0.6) is 0 Å². The average molecular weight is 497 g/mol. The Morgan fingerprint density at radius 1 is 0.649 bits per heavy atom. The molecule has 0 heterocycles. The minimum Gasteiger partial charge on any atom is -0.399 e. The lowest BCUT2D eigenvalue weighted by atomic mass is 9.63. The standard InChI is InChI=1S/C33H34F2N2/c1-22-14-16-33(17-15-22,27-8-6-25(31(34)20-27)18-23-2-10-29(36)11-3-23)28-9-7-26(32(35)21-28)19-24-4-12-30(37)13-5-24/h2-13,20-22H,14-19,36-37H2,1H3. The third kappa shape index (κ3) is 5.39. The SMILES string of the molecule is CC1CCC(c2ccc(Cc3ccc(N)cc3)c(F)c2)(c2ccc(Cc3ccc(N)cc3)c(F)c2)CC1. The molecule has 1 aliphatic carbocycles. The molecule has 37 heavy (non-hydrogen) atoms. The summed E-state index contributed by atoms with van der Waals surface area (Å²) in [6.07, 6.45) is 4.83. The normalized spacial score (nSPS) is 15.5. The number of hydrogen-bond donors (Lipinski definition) is 2. The van der Waals surface area contributed by atoms with E-state index in [-0.39, 0.29) is 11.6 Å². The minimum absolute atomic E-state index is 0.215. The number of rotatable bonds is 6. The second-order valence-electron chi connectivity index (χ2n) is 10.7. The van der Waals surface area contributed by atoms with Crippen LogP contribution in [-0.2, 0) is 18.3 Å². The predicted molar refractivity (Wildman–Crippen MR) is 149 cm³/mol. The summed E-state index contributed by atoms with van der Waals surface area (Å²) in [6, 6.07) is 26.3. The average Bonchev–Trinajstić information content (AvgIpc) is 2.89. The topological polar surface area (TPSA) is 52.0 Å². The summed E-state index contributed by atoms with van der Waals surface area (Å²) < 4.78 is 30.9. The van der Waals surface area contributed by atoms with Crippen LogP contribution in [0.3, 0.4) is 0 Å². The van der Waals surface area contributed by atoms with Crippen molar-refractivity contribution in [1.82, 2.24) is 0 Å². The molecule has 0 radical (unpaired) electrons. The fraction of sp³-hybridized carbons (Fsp3) is 0.273. The Bertz CT molecular complexity index is 1270. The Balaban J connectivity index is 1.46. The van der Waals surface area contributed by atoms with Crippen LogP contribution in [0.1, 0.15) is 66.0 Å². The summed E-state index contributed by atoms with van der Waals surface area (Å²) in [5.74, 6) is 0.179. The highest BCUT2D eigenvalue weighted by molar-refractivity contribution is 5.46. The number of halogens is 2. The highest BCUT2D eigenvalue weighted by Crippen LogP contribution is 2.47. The van der Waals surface area contributed by atoms with Crippen molar-refractivity contribution in [2.75, 3.05) is 11.5 Å². The van der Waals surface area contributed by atoms with Gasteiger partial charge in [-0.2, -0.15) is 0 Å². The molecule has 4 aromatic carbocycles. The molecule has 0 aliphatic heterocycles. The lowest BCUT2D eigenvalue weighted by Crippen LogP contribution is -2.33. The molecule has 0 aromatic heterocycles. The van der Waals surface area contributed by atoms with E-state index in [2.05, 4.69) is 6.92 Å². The lowest BCUT2D eigenvalue weighted by molar-refractivity contribution is 0.279. The molecule has 4 heteroatoms. The van der Waals surface area contributed by atoms with E-state index >= 15 is 8.78 Å². The Hall–Kier alpha value is -3.66. The quantitative estimate of drug-likeness (QED) is 0.268. The van der Waals surface area contributed by atoms with E-state index in [1.165, 1.54) is 0 Å². The molecule has 0 spiro atoms. The predicted octanol–water partition coefficient (Wildman–Crippen LogP) is 7.81. The first-order valence-corrected chi connectivity index (χ1v) is 13.1. The van der Waals surface area contributed by atoms with Crippen LogP contribution in [0, 0.1) is 17.6 Å². The molecule has 1 fully saturated rings. The van der Waals surface area contributed by atoms with Crippen molar-refractivity contribution in [2.45, 2.75) is 50.9 Å². The fourth-order valence-electron chi connectivity index (χ4n) is 5.69. The molecule has 2 nitrogen and oxygen atoms in total. The van der Waals surface area contributed by atoms with Crippen LogP contribution in [0.2, 0.25) is 0 Å². The smallest absolute Gasteiger partial charge is 0.127 e. The maximum Gasteiger partial charge on any atom is 0.127 e. The van der Waals surface area contributed by atoms with Crippen LogP contribution in [0.25, 0.3) is 0 Å².